The summed E-state index contributed by atoms with van der Waals surface area (Å²) in [5.74, 6) is 1.19. The molecule has 0 bridgehead atoms. The lowest BCUT2D eigenvalue weighted by Gasteiger charge is -2.34. The number of aliphatic hydroxyl groups excluding tert-OH is 1. The van der Waals surface area contributed by atoms with E-state index in [4.69, 9.17) is 15.0 Å². The standard InChI is InChI=1S/C32H35N6O3S/c1-36-13-15-37(16-14-36)21-8-11-24-26(18-21)35-30(34-24)28-29(33-25-4-3-5-27(25)39)23-12-17-42-32(23)38(31(28)40)19-20-6-9-22(41-2)10-7-20/h6-12,17-18,25,27,33,39H,3-5,13-16,19H2,1-2H3/t25-,27-/m0/s1. The van der Waals surface area contributed by atoms with Crippen molar-refractivity contribution in [2.24, 2.45) is 4.99 Å². The Labute approximate surface area is 249 Å². The third-order valence-electron chi connectivity index (χ3n) is 8.68. The van der Waals surface area contributed by atoms with Crippen LogP contribution in [-0.2, 0) is 6.54 Å². The Hall–Kier alpha value is -3.86. The van der Waals surface area contributed by atoms with E-state index in [2.05, 4.69) is 34.3 Å². The minimum absolute atomic E-state index is 0.128. The number of fused-ring (bicyclic) bond motifs is 2. The summed E-state index contributed by atoms with van der Waals surface area (Å²) in [6, 6.07) is 15.9. The summed E-state index contributed by atoms with van der Waals surface area (Å²) in [6.45, 7) is 4.38. The number of anilines is 2. The second kappa shape index (κ2) is 11.1. The van der Waals surface area contributed by atoms with Gasteiger partial charge in [-0.25, -0.2) is 10.3 Å². The van der Waals surface area contributed by atoms with Gasteiger partial charge in [0, 0.05) is 37.3 Å². The highest BCUT2D eigenvalue weighted by atomic mass is 32.1. The summed E-state index contributed by atoms with van der Waals surface area (Å²) in [5.41, 5.74) is 4.68. The van der Waals surface area contributed by atoms with E-state index >= 15 is 0 Å². The Kier molecular flexibility index (Phi) is 7.13. The molecular weight excluding hydrogens is 548 g/mol. The molecule has 2 aromatic carbocycles. The van der Waals surface area contributed by atoms with E-state index in [1.165, 1.54) is 0 Å². The minimum atomic E-state index is -0.459. The molecule has 1 saturated heterocycles. The molecule has 7 rings (SSSR count). The molecule has 2 aromatic heterocycles. The number of aliphatic hydroxyl groups is 1. The first-order chi connectivity index (χ1) is 20.5. The van der Waals surface area contributed by atoms with Crippen LogP contribution in [0.25, 0.3) is 10.2 Å². The summed E-state index contributed by atoms with van der Waals surface area (Å²) < 4.78 is 7.15. The van der Waals surface area contributed by atoms with Gasteiger partial charge in [0.05, 0.1) is 42.9 Å². The fourth-order valence-electron chi connectivity index (χ4n) is 6.20. The lowest BCUT2D eigenvalue weighted by molar-refractivity contribution is 0.172. The maximum Gasteiger partial charge on any atom is 0.265 e. The van der Waals surface area contributed by atoms with Crippen LogP contribution in [-0.4, -0.2) is 72.9 Å². The molecule has 0 unspecified atom stereocenters. The first-order valence-electron chi connectivity index (χ1n) is 14.6. The van der Waals surface area contributed by atoms with Crippen molar-refractivity contribution in [2.45, 2.75) is 38.0 Å². The van der Waals surface area contributed by atoms with Gasteiger partial charge in [0.1, 0.15) is 16.1 Å². The fourth-order valence-corrected chi connectivity index (χ4v) is 7.11. The number of pyridine rings is 1. The van der Waals surface area contributed by atoms with Gasteiger partial charge in [-0.15, -0.1) is 11.3 Å². The first kappa shape index (κ1) is 27.0. The molecule has 1 aliphatic carbocycles. The van der Waals surface area contributed by atoms with Gasteiger partial charge in [-0.05, 0) is 73.7 Å². The molecule has 2 aliphatic heterocycles. The molecule has 217 valence electrons. The molecule has 2 fully saturated rings. The van der Waals surface area contributed by atoms with Crippen LogP contribution >= 0.6 is 11.3 Å². The molecule has 0 amide bonds. The van der Waals surface area contributed by atoms with Crippen molar-refractivity contribution >= 4 is 50.1 Å². The lowest BCUT2D eigenvalue weighted by Crippen LogP contribution is -2.44. The van der Waals surface area contributed by atoms with E-state index in [0.29, 0.717) is 23.6 Å². The number of amidine groups is 1. The number of methoxy groups -OCH3 is 1. The zero-order chi connectivity index (χ0) is 28.8. The third-order valence-corrected chi connectivity index (χ3v) is 9.62. The molecular formula is C32H35N6O3S. The normalized spacial score (nSPS) is 20.5. The van der Waals surface area contributed by atoms with E-state index in [9.17, 15) is 9.90 Å². The van der Waals surface area contributed by atoms with Gasteiger partial charge in [-0.3, -0.25) is 9.36 Å². The number of hydrogen-bond acceptors (Lipinski definition) is 8. The quantitative estimate of drug-likeness (QED) is 0.332. The Morgan fingerprint density at radius 2 is 1.86 bits per heavy atom. The van der Waals surface area contributed by atoms with E-state index < -0.39 is 6.10 Å². The predicted octanol–water partition coefficient (Wildman–Crippen LogP) is 4.52. The van der Waals surface area contributed by atoms with Gasteiger partial charge in [-0.1, -0.05) is 12.1 Å². The first-order valence-corrected chi connectivity index (χ1v) is 15.5. The number of likely N-dealkylation sites (N-methyl/N-ethyl adjacent to an activating group) is 1. The van der Waals surface area contributed by atoms with Gasteiger partial charge < -0.3 is 25.0 Å². The van der Waals surface area contributed by atoms with Crippen LogP contribution < -0.4 is 25.8 Å². The van der Waals surface area contributed by atoms with Crippen LogP contribution in [0.3, 0.4) is 0 Å². The van der Waals surface area contributed by atoms with Gasteiger partial charge in [-0.2, -0.15) is 0 Å². The fraction of sp³-hybridized carbons (Fsp3) is 0.375. The molecule has 1 saturated carbocycles. The largest absolute Gasteiger partial charge is 0.497 e. The number of aromatic nitrogens is 1. The van der Waals surface area contributed by atoms with Gasteiger partial charge in [0.2, 0.25) is 0 Å². The third kappa shape index (κ3) is 4.93. The summed E-state index contributed by atoms with van der Waals surface area (Å²) >= 11 is 1.54. The maximum atomic E-state index is 14.5. The summed E-state index contributed by atoms with van der Waals surface area (Å²) in [5, 5.41) is 22.2. The van der Waals surface area contributed by atoms with Crippen LogP contribution in [0.4, 0.5) is 22.7 Å². The minimum Gasteiger partial charge on any atom is -0.497 e. The molecule has 10 heteroatoms. The predicted molar refractivity (Wildman–Crippen MR) is 170 cm³/mol. The number of nitrogens with one attached hydrogen (secondary N) is 1. The van der Waals surface area contributed by atoms with E-state index in [1.54, 1.807) is 18.4 Å². The highest BCUT2D eigenvalue weighted by Gasteiger charge is 2.31. The Balaban J connectivity index is 1.30. The Morgan fingerprint density at radius 3 is 2.60 bits per heavy atom. The second-order valence-corrected chi connectivity index (χ2v) is 12.3. The SMILES string of the molecule is COc1ccc(Cn2c(=O)c(C3=Nc4ccc(N5CCN(C)CC5)cc4[N]3)c(N[C@H]3CCC[C@@H]3O)c3ccsc32)cc1. The van der Waals surface area contributed by atoms with Gasteiger partial charge >= 0.3 is 0 Å². The van der Waals surface area contributed by atoms with Crippen molar-refractivity contribution in [2.75, 3.05) is 50.6 Å². The van der Waals surface area contributed by atoms with Crippen molar-refractivity contribution in [1.29, 1.82) is 0 Å². The number of hydrogen-bond donors (Lipinski definition) is 2. The maximum absolute atomic E-state index is 14.5. The van der Waals surface area contributed by atoms with Crippen LogP contribution in [0.15, 0.2) is 63.7 Å². The number of aliphatic imine (C=N–C) groups is 1. The van der Waals surface area contributed by atoms with E-state index in [-0.39, 0.29) is 11.6 Å². The molecule has 4 heterocycles. The van der Waals surface area contributed by atoms with Crippen LogP contribution in [0.5, 0.6) is 5.75 Å². The summed E-state index contributed by atoms with van der Waals surface area (Å²) in [7, 11) is 3.79. The monoisotopic (exact) mass is 583 g/mol. The molecule has 9 nitrogen and oxygen atoms in total. The van der Waals surface area contributed by atoms with Crippen molar-refractivity contribution < 1.29 is 9.84 Å². The molecule has 3 aliphatic rings. The number of benzene rings is 2. The van der Waals surface area contributed by atoms with Gasteiger partial charge in [0.25, 0.3) is 5.56 Å². The Bertz CT molecular complexity index is 1700. The zero-order valence-corrected chi connectivity index (χ0v) is 24.7. The number of ether oxygens (including phenoxy) is 1. The number of piperazine rings is 1. The van der Waals surface area contributed by atoms with Crippen molar-refractivity contribution in [3.05, 3.63) is 75.4 Å². The zero-order valence-electron chi connectivity index (χ0n) is 23.9. The van der Waals surface area contributed by atoms with Crippen LogP contribution in [0.2, 0.25) is 0 Å². The van der Waals surface area contributed by atoms with E-state index in [1.807, 2.05) is 46.3 Å². The average Bonchev–Trinajstić information content (AvgIpc) is 3.75. The summed E-state index contributed by atoms with van der Waals surface area (Å²) in [6.07, 6.45) is 2.08. The van der Waals surface area contributed by atoms with Gasteiger partial charge in [0.15, 0.2) is 5.84 Å². The van der Waals surface area contributed by atoms with Crippen molar-refractivity contribution in [1.82, 2.24) is 14.8 Å². The van der Waals surface area contributed by atoms with Crippen molar-refractivity contribution in [3.8, 4) is 5.75 Å². The van der Waals surface area contributed by atoms with Crippen LogP contribution in [0.1, 0.15) is 30.4 Å². The highest BCUT2D eigenvalue weighted by Crippen LogP contribution is 2.39. The average molecular weight is 584 g/mol. The number of thiophene rings is 1. The molecule has 0 spiro atoms. The Morgan fingerprint density at radius 1 is 1.05 bits per heavy atom. The van der Waals surface area contributed by atoms with Crippen molar-refractivity contribution in [3.63, 3.8) is 0 Å². The molecule has 42 heavy (non-hydrogen) atoms. The summed E-state index contributed by atoms with van der Waals surface area (Å²) in [4.78, 5) is 24.9. The van der Waals surface area contributed by atoms with E-state index in [0.717, 1.165) is 84.0 Å². The smallest absolute Gasteiger partial charge is 0.265 e. The molecule has 2 N–H and O–H groups in total. The molecule has 1 radical (unpaired) electrons. The lowest BCUT2D eigenvalue weighted by atomic mass is 10.1. The topological polar surface area (TPSA) is 96.4 Å². The highest BCUT2D eigenvalue weighted by molar-refractivity contribution is 7.16. The number of rotatable bonds is 7. The molecule has 2 atom stereocenters. The second-order valence-electron chi connectivity index (χ2n) is 11.4. The van der Waals surface area contributed by atoms with Crippen LogP contribution in [0, 0.1) is 0 Å². The number of nitrogens with zero attached hydrogens (tertiary/aromatic N) is 5. The molecule has 4 aromatic rings.